The first kappa shape index (κ1) is 19.4. The summed E-state index contributed by atoms with van der Waals surface area (Å²) >= 11 is 0. The third-order valence-corrected chi connectivity index (χ3v) is 5.06. The van der Waals surface area contributed by atoms with Gasteiger partial charge >= 0.3 is 0 Å². The average molecular weight is 370 g/mol. The van der Waals surface area contributed by atoms with Crippen molar-refractivity contribution in [3.05, 3.63) is 66.0 Å². The molecule has 144 valence electrons. The fraction of sp³-hybridized carbons (Fsp3) is 0.409. The van der Waals surface area contributed by atoms with Crippen molar-refractivity contribution in [3.8, 4) is 5.75 Å². The molecule has 0 saturated carbocycles. The summed E-state index contributed by atoms with van der Waals surface area (Å²) in [4.78, 5) is 16.7. The van der Waals surface area contributed by atoms with E-state index in [9.17, 15) is 9.18 Å². The zero-order chi connectivity index (χ0) is 19.1. The van der Waals surface area contributed by atoms with Crippen LogP contribution in [0, 0.1) is 5.82 Å². The van der Waals surface area contributed by atoms with Gasteiger partial charge in [0.2, 0.25) is 5.91 Å². The van der Waals surface area contributed by atoms with Crippen molar-refractivity contribution >= 4 is 5.91 Å². The van der Waals surface area contributed by atoms with E-state index in [4.69, 9.17) is 4.74 Å². The van der Waals surface area contributed by atoms with Gasteiger partial charge in [-0.25, -0.2) is 4.39 Å². The summed E-state index contributed by atoms with van der Waals surface area (Å²) < 4.78 is 18.8. The van der Waals surface area contributed by atoms with Gasteiger partial charge in [-0.05, 0) is 43.2 Å². The highest BCUT2D eigenvalue weighted by Crippen LogP contribution is 2.14. The lowest BCUT2D eigenvalue weighted by atomic mass is 10.1. The molecule has 1 atom stereocenters. The van der Waals surface area contributed by atoms with Gasteiger partial charge in [0.1, 0.15) is 18.2 Å². The standard InChI is InChI=1S/C22H27FN2O2/c1-18(17-19-7-9-20(23)10-8-19)24-12-11-22(26)25(14-13-24)15-16-27-21-5-3-2-4-6-21/h2-10,18H,11-17H2,1H3. The lowest BCUT2D eigenvalue weighted by Crippen LogP contribution is -2.39. The van der Waals surface area contributed by atoms with Crippen LogP contribution in [0.5, 0.6) is 5.75 Å². The molecule has 1 saturated heterocycles. The van der Waals surface area contributed by atoms with Crippen LogP contribution in [-0.4, -0.2) is 54.5 Å². The molecule has 1 heterocycles. The van der Waals surface area contributed by atoms with E-state index in [0.717, 1.165) is 30.8 Å². The lowest BCUT2D eigenvalue weighted by Gasteiger charge is -2.27. The van der Waals surface area contributed by atoms with E-state index in [1.807, 2.05) is 47.4 Å². The fourth-order valence-corrected chi connectivity index (χ4v) is 3.44. The number of hydrogen-bond acceptors (Lipinski definition) is 3. The Morgan fingerprint density at radius 3 is 2.52 bits per heavy atom. The lowest BCUT2D eigenvalue weighted by molar-refractivity contribution is -0.130. The summed E-state index contributed by atoms with van der Waals surface area (Å²) in [5, 5.41) is 0. The van der Waals surface area contributed by atoms with Gasteiger partial charge in [0.15, 0.2) is 0 Å². The van der Waals surface area contributed by atoms with E-state index < -0.39 is 0 Å². The second-order valence-electron chi connectivity index (χ2n) is 7.01. The molecule has 4 nitrogen and oxygen atoms in total. The molecule has 1 fully saturated rings. The first-order valence-corrected chi connectivity index (χ1v) is 9.56. The molecule has 0 aliphatic carbocycles. The molecule has 0 N–H and O–H groups in total. The summed E-state index contributed by atoms with van der Waals surface area (Å²) in [6, 6.07) is 16.7. The summed E-state index contributed by atoms with van der Waals surface area (Å²) in [6.07, 6.45) is 1.38. The maximum Gasteiger partial charge on any atom is 0.224 e. The third-order valence-electron chi connectivity index (χ3n) is 5.06. The van der Waals surface area contributed by atoms with Gasteiger partial charge in [-0.2, -0.15) is 0 Å². The molecule has 0 radical (unpaired) electrons. The summed E-state index contributed by atoms with van der Waals surface area (Å²) in [7, 11) is 0. The highest BCUT2D eigenvalue weighted by molar-refractivity contribution is 5.76. The molecule has 0 bridgehead atoms. The minimum Gasteiger partial charge on any atom is -0.492 e. The van der Waals surface area contributed by atoms with Crippen LogP contribution in [0.15, 0.2) is 54.6 Å². The van der Waals surface area contributed by atoms with Crippen LogP contribution in [0.4, 0.5) is 4.39 Å². The first-order valence-electron chi connectivity index (χ1n) is 9.56. The SMILES string of the molecule is CC(Cc1ccc(F)cc1)N1CCC(=O)N(CCOc2ccccc2)CC1. The molecule has 1 aliphatic heterocycles. The number of ether oxygens (including phenoxy) is 1. The Labute approximate surface area is 160 Å². The highest BCUT2D eigenvalue weighted by atomic mass is 19.1. The van der Waals surface area contributed by atoms with Crippen molar-refractivity contribution in [2.45, 2.75) is 25.8 Å². The number of rotatable bonds is 7. The number of para-hydroxylation sites is 1. The second kappa shape index (κ2) is 9.51. The molecule has 3 rings (SSSR count). The molecule has 2 aromatic rings. The van der Waals surface area contributed by atoms with Crippen LogP contribution in [0.25, 0.3) is 0 Å². The van der Waals surface area contributed by atoms with Crippen LogP contribution in [0.3, 0.4) is 0 Å². The Hall–Kier alpha value is -2.40. The minimum atomic E-state index is -0.208. The van der Waals surface area contributed by atoms with Crippen molar-refractivity contribution in [1.29, 1.82) is 0 Å². The Morgan fingerprint density at radius 1 is 1.04 bits per heavy atom. The van der Waals surface area contributed by atoms with Gasteiger partial charge in [-0.15, -0.1) is 0 Å². The molecule has 1 amide bonds. The Bertz CT molecular complexity index is 721. The van der Waals surface area contributed by atoms with Crippen LogP contribution >= 0.6 is 0 Å². The number of halogens is 1. The Kier molecular flexibility index (Phi) is 6.82. The zero-order valence-corrected chi connectivity index (χ0v) is 15.8. The summed E-state index contributed by atoms with van der Waals surface area (Å²) in [5.41, 5.74) is 1.12. The van der Waals surface area contributed by atoms with Gasteiger partial charge in [0.25, 0.3) is 0 Å². The van der Waals surface area contributed by atoms with E-state index >= 15 is 0 Å². The van der Waals surface area contributed by atoms with E-state index in [2.05, 4.69) is 11.8 Å². The molecule has 1 unspecified atom stereocenters. The van der Waals surface area contributed by atoms with Gasteiger partial charge in [0.05, 0.1) is 6.54 Å². The molecule has 1 aliphatic rings. The smallest absolute Gasteiger partial charge is 0.224 e. The monoisotopic (exact) mass is 370 g/mol. The molecular formula is C22H27FN2O2. The van der Waals surface area contributed by atoms with Crippen LogP contribution in [-0.2, 0) is 11.2 Å². The number of hydrogen-bond donors (Lipinski definition) is 0. The van der Waals surface area contributed by atoms with E-state index in [1.54, 1.807) is 0 Å². The van der Waals surface area contributed by atoms with Crippen molar-refractivity contribution in [2.24, 2.45) is 0 Å². The van der Waals surface area contributed by atoms with Crippen molar-refractivity contribution in [2.75, 3.05) is 32.8 Å². The zero-order valence-electron chi connectivity index (χ0n) is 15.8. The second-order valence-corrected chi connectivity index (χ2v) is 7.01. The highest BCUT2D eigenvalue weighted by Gasteiger charge is 2.23. The van der Waals surface area contributed by atoms with Crippen LogP contribution in [0.2, 0.25) is 0 Å². The van der Waals surface area contributed by atoms with Crippen molar-refractivity contribution in [1.82, 2.24) is 9.80 Å². The van der Waals surface area contributed by atoms with E-state index in [0.29, 0.717) is 32.2 Å². The number of benzene rings is 2. The third kappa shape index (κ3) is 5.79. The largest absolute Gasteiger partial charge is 0.492 e. The minimum absolute atomic E-state index is 0.183. The predicted molar refractivity (Wildman–Crippen MR) is 104 cm³/mol. The van der Waals surface area contributed by atoms with Crippen molar-refractivity contribution in [3.63, 3.8) is 0 Å². The molecule has 2 aromatic carbocycles. The van der Waals surface area contributed by atoms with Crippen molar-refractivity contribution < 1.29 is 13.9 Å². The van der Waals surface area contributed by atoms with Gasteiger partial charge in [-0.1, -0.05) is 30.3 Å². The molecule has 27 heavy (non-hydrogen) atoms. The van der Waals surface area contributed by atoms with Gasteiger partial charge < -0.3 is 9.64 Å². The van der Waals surface area contributed by atoms with Gasteiger partial charge in [0, 0.05) is 32.1 Å². The number of nitrogens with zero attached hydrogens (tertiary/aromatic N) is 2. The van der Waals surface area contributed by atoms with Crippen LogP contribution in [0.1, 0.15) is 18.9 Å². The summed E-state index contributed by atoms with van der Waals surface area (Å²) in [6.45, 7) is 5.60. The molecule has 5 heteroatoms. The first-order chi connectivity index (χ1) is 13.1. The average Bonchev–Trinajstić information content (AvgIpc) is 2.86. The van der Waals surface area contributed by atoms with Crippen LogP contribution < -0.4 is 4.74 Å². The summed E-state index contributed by atoms with van der Waals surface area (Å²) in [5.74, 6) is 0.803. The predicted octanol–water partition coefficient (Wildman–Crippen LogP) is 3.37. The Balaban J connectivity index is 1.47. The number of carbonyl (C=O) groups excluding carboxylic acids is 1. The molecular weight excluding hydrogens is 343 g/mol. The molecule has 0 aromatic heterocycles. The number of carbonyl (C=O) groups is 1. The fourth-order valence-electron chi connectivity index (χ4n) is 3.44. The number of amides is 1. The molecule has 0 spiro atoms. The maximum atomic E-state index is 13.1. The van der Waals surface area contributed by atoms with E-state index in [1.165, 1.54) is 12.1 Å². The Morgan fingerprint density at radius 2 is 1.78 bits per heavy atom. The topological polar surface area (TPSA) is 32.8 Å². The quantitative estimate of drug-likeness (QED) is 0.749. The van der Waals surface area contributed by atoms with Gasteiger partial charge in [-0.3, -0.25) is 9.69 Å². The normalized spacial score (nSPS) is 16.8. The van der Waals surface area contributed by atoms with E-state index in [-0.39, 0.29) is 11.7 Å². The maximum absolute atomic E-state index is 13.1.